The van der Waals surface area contributed by atoms with Crippen LogP contribution in [-0.2, 0) is 6.42 Å². The summed E-state index contributed by atoms with van der Waals surface area (Å²) in [6, 6.07) is 7.71. The zero-order valence-electron chi connectivity index (χ0n) is 19.3. The first-order chi connectivity index (χ1) is 12.5. The molecule has 0 spiro atoms. The number of hydrogen-bond acceptors (Lipinski definition) is 1. The van der Waals surface area contributed by atoms with E-state index in [4.69, 9.17) is 0 Å². The quantitative estimate of drug-likeness (QED) is 0.385. The summed E-state index contributed by atoms with van der Waals surface area (Å²) in [4.78, 5) is 0. The van der Waals surface area contributed by atoms with Crippen molar-refractivity contribution in [3.8, 4) is 5.75 Å². The third-order valence-corrected chi connectivity index (χ3v) is 6.83. The summed E-state index contributed by atoms with van der Waals surface area (Å²) >= 11 is 0. The van der Waals surface area contributed by atoms with Crippen LogP contribution in [0.2, 0.25) is 0 Å². The second-order valence-corrected chi connectivity index (χ2v) is 10.6. The average Bonchev–Trinajstić information content (AvgIpc) is 2.56. The molecule has 0 radical (unpaired) electrons. The smallest absolute Gasteiger partial charge is 0.115 e. The van der Waals surface area contributed by atoms with Crippen LogP contribution in [0.3, 0.4) is 0 Å². The summed E-state index contributed by atoms with van der Waals surface area (Å²) in [6.07, 6.45) is 13.1. The SMILES string of the molecule is CCCCCCC(CCCCCc1ccc(O)cc1)(C(C)(C)C)C(C)(C)C. The summed E-state index contributed by atoms with van der Waals surface area (Å²) in [6.45, 7) is 17.1. The van der Waals surface area contributed by atoms with Gasteiger partial charge in [0.15, 0.2) is 0 Å². The minimum atomic E-state index is 0.328. The topological polar surface area (TPSA) is 20.2 Å². The van der Waals surface area contributed by atoms with Gasteiger partial charge in [0.25, 0.3) is 0 Å². The van der Waals surface area contributed by atoms with Crippen molar-refractivity contribution in [3.63, 3.8) is 0 Å². The van der Waals surface area contributed by atoms with Crippen molar-refractivity contribution in [1.82, 2.24) is 0 Å². The molecule has 0 amide bonds. The van der Waals surface area contributed by atoms with Crippen LogP contribution in [0.4, 0.5) is 0 Å². The molecule has 156 valence electrons. The second-order valence-electron chi connectivity index (χ2n) is 10.6. The van der Waals surface area contributed by atoms with Crippen molar-refractivity contribution < 1.29 is 5.11 Å². The van der Waals surface area contributed by atoms with Crippen LogP contribution in [0.5, 0.6) is 5.75 Å². The van der Waals surface area contributed by atoms with Gasteiger partial charge in [-0.15, -0.1) is 0 Å². The summed E-state index contributed by atoms with van der Waals surface area (Å²) in [5.74, 6) is 0.363. The Morgan fingerprint density at radius 1 is 0.667 bits per heavy atom. The fraction of sp³-hybridized carbons (Fsp3) is 0.769. The maximum Gasteiger partial charge on any atom is 0.115 e. The fourth-order valence-corrected chi connectivity index (χ4v) is 5.20. The second kappa shape index (κ2) is 10.5. The van der Waals surface area contributed by atoms with Gasteiger partial charge in [0.2, 0.25) is 0 Å². The fourth-order valence-electron chi connectivity index (χ4n) is 5.20. The van der Waals surface area contributed by atoms with Gasteiger partial charge < -0.3 is 5.11 Å². The molecular formula is C26H46O. The molecule has 1 heteroatoms. The monoisotopic (exact) mass is 374 g/mol. The van der Waals surface area contributed by atoms with Crippen molar-refractivity contribution in [2.24, 2.45) is 16.2 Å². The zero-order chi connectivity index (χ0) is 20.6. The largest absolute Gasteiger partial charge is 0.508 e. The van der Waals surface area contributed by atoms with E-state index in [2.05, 4.69) is 60.6 Å². The van der Waals surface area contributed by atoms with Crippen LogP contribution in [0.1, 0.15) is 112 Å². The first kappa shape index (κ1) is 24.1. The normalized spacial score (nSPS) is 13.1. The van der Waals surface area contributed by atoms with Gasteiger partial charge in [0.1, 0.15) is 5.75 Å². The van der Waals surface area contributed by atoms with Gasteiger partial charge in [-0.25, -0.2) is 0 Å². The minimum Gasteiger partial charge on any atom is -0.508 e. The first-order valence-corrected chi connectivity index (χ1v) is 11.3. The van der Waals surface area contributed by atoms with Crippen molar-refractivity contribution in [3.05, 3.63) is 29.8 Å². The van der Waals surface area contributed by atoms with E-state index in [1.165, 1.54) is 63.4 Å². The minimum absolute atomic E-state index is 0.328. The predicted molar refractivity (Wildman–Crippen MR) is 120 cm³/mol. The molecule has 1 nitrogen and oxygen atoms in total. The Kier molecular flexibility index (Phi) is 9.39. The van der Waals surface area contributed by atoms with Gasteiger partial charge in [-0.3, -0.25) is 0 Å². The summed E-state index contributed by atoms with van der Waals surface area (Å²) in [7, 11) is 0. The number of phenols is 1. The number of phenolic OH excluding ortho intramolecular Hbond substituents is 1. The van der Waals surface area contributed by atoms with Crippen LogP contribution >= 0.6 is 0 Å². The number of rotatable bonds is 11. The van der Waals surface area contributed by atoms with E-state index < -0.39 is 0 Å². The lowest BCUT2D eigenvalue weighted by Gasteiger charge is -2.55. The lowest BCUT2D eigenvalue weighted by molar-refractivity contribution is -0.0521. The molecule has 0 aliphatic carbocycles. The van der Waals surface area contributed by atoms with E-state index in [0.717, 1.165) is 6.42 Å². The van der Waals surface area contributed by atoms with Gasteiger partial charge >= 0.3 is 0 Å². The standard InChI is InChI=1S/C26H46O/c1-8-9-10-13-20-26(24(2,3)4,25(5,6)7)21-14-11-12-15-22-16-18-23(27)19-17-22/h16-19,27H,8-15,20-21H2,1-7H3. The Hall–Kier alpha value is -0.980. The van der Waals surface area contributed by atoms with Crippen LogP contribution in [-0.4, -0.2) is 5.11 Å². The molecule has 0 unspecified atom stereocenters. The highest BCUT2D eigenvalue weighted by Gasteiger charge is 2.48. The van der Waals surface area contributed by atoms with Gasteiger partial charge in [0, 0.05) is 0 Å². The Labute approximate surface area is 170 Å². The maximum atomic E-state index is 9.41. The molecule has 0 aromatic heterocycles. The van der Waals surface area contributed by atoms with Crippen LogP contribution < -0.4 is 0 Å². The molecule has 1 rings (SSSR count). The Balaban J connectivity index is 2.65. The van der Waals surface area contributed by atoms with E-state index in [9.17, 15) is 5.11 Å². The molecule has 1 aromatic rings. The van der Waals surface area contributed by atoms with Gasteiger partial charge in [0.05, 0.1) is 0 Å². The number of hydrogen-bond donors (Lipinski definition) is 1. The van der Waals surface area contributed by atoms with Crippen LogP contribution in [0, 0.1) is 16.2 Å². The highest BCUT2D eigenvalue weighted by atomic mass is 16.3. The number of benzene rings is 1. The molecule has 0 fully saturated rings. The third kappa shape index (κ3) is 7.16. The molecule has 0 heterocycles. The average molecular weight is 375 g/mol. The Bertz CT molecular complexity index is 499. The van der Waals surface area contributed by atoms with E-state index in [-0.39, 0.29) is 0 Å². The summed E-state index contributed by atoms with van der Waals surface area (Å²) in [5.41, 5.74) is 2.39. The predicted octanol–water partition coefficient (Wildman–Crippen LogP) is 8.54. The molecule has 0 aliphatic rings. The molecular weight excluding hydrogens is 328 g/mol. The Morgan fingerprint density at radius 3 is 1.59 bits per heavy atom. The molecule has 0 atom stereocenters. The number of aromatic hydroxyl groups is 1. The summed E-state index contributed by atoms with van der Waals surface area (Å²) in [5, 5.41) is 9.41. The number of unbranched alkanes of at least 4 members (excludes halogenated alkanes) is 5. The van der Waals surface area contributed by atoms with Crippen molar-refractivity contribution in [2.75, 3.05) is 0 Å². The van der Waals surface area contributed by atoms with Crippen LogP contribution in [0.15, 0.2) is 24.3 Å². The lowest BCUT2D eigenvalue weighted by Crippen LogP contribution is -2.46. The van der Waals surface area contributed by atoms with Gasteiger partial charge in [-0.2, -0.15) is 0 Å². The highest BCUT2D eigenvalue weighted by Crippen LogP contribution is 2.57. The molecule has 0 bridgehead atoms. The first-order valence-electron chi connectivity index (χ1n) is 11.3. The van der Waals surface area contributed by atoms with Crippen molar-refractivity contribution in [1.29, 1.82) is 0 Å². The Morgan fingerprint density at radius 2 is 1.15 bits per heavy atom. The van der Waals surface area contributed by atoms with Crippen molar-refractivity contribution >= 4 is 0 Å². The molecule has 1 aromatic carbocycles. The van der Waals surface area contributed by atoms with Crippen LogP contribution in [0.25, 0.3) is 0 Å². The maximum absolute atomic E-state index is 9.41. The molecule has 0 saturated heterocycles. The summed E-state index contributed by atoms with van der Waals surface area (Å²) < 4.78 is 0. The van der Waals surface area contributed by atoms with Gasteiger partial charge in [-0.1, -0.05) is 99.1 Å². The van der Waals surface area contributed by atoms with E-state index in [1.807, 2.05) is 0 Å². The third-order valence-electron chi connectivity index (χ3n) is 6.83. The van der Waals surface area contributed by atoms with E-state index >= 15 is 0 Å². The lowest BCUT2D eigenvalue weighted by atomic mass is 9.50. The van der Waals surface area contributed by atoms with Crippen molar-refractivity contribution in [2.45, 2.75) is 113 Å². The van der Waals surface area contributed by atoms with E-state index in [1.54, 1.807) is 12.1 Å². The van der Waals surface area contributed by atoms with Gasteiger partial charge in [-0.05, 0) is 59.6 Å². The molecule has 0 aliphatic heterocycles. The number of aryl methyl sites for hydroxylation is 1. The zero-order valence-corrected chi connectivity index (χ0v) is 19.3. The molecule has 27 heavy (non-hydrogen) atoms. The molecule has 1 N–H and O–H groups in total. The molecule has 0 saturated carbocycles. The highest BCUT2D eigenvalue weighted by molar-refractivity contribution is 5.25. The van der Waals surface area contributed by atoms with E-state index in [0.29, 0.717) is 22.0 Å².